The third-order valence-corrected chi connectivity index (χ3v) is 6.19. The average Bonchev–Trinajstić information content (AvgIpc) is 2.46. The van der Waals surface area contributed by atoms with Gasteiger partial charge in [0.1, 0.15) is 0 Å². The van der Waals surface area contributed by atoms with Gasteiger partial charge in [0.25, 0.3) is 0 Å². The van der Waals surface area contributed by atoms with E-state index in [2.05, 4.69) is 73.2 Å². The molecule has 1 aliphatic rings. The summed E-state index contributed by atoms with van der Waals surface area (Å²) in [6.45, 7) is 6.76. The fraction of sp³-hybridized carbons (Fsp3) is 0.375. The summed E-state index contributed by atoms with van der Waals surface area (Å²) in [6.07, 6.45) is 10.5. The van der Waals surface area contributed by atoms with E-state index in [0.29, 0.717) is 5.66 Å². The monoisotopic (exact) mass is 270 g/mol. The summed E-state index contributed by atoms with van der Waals surface area (Å²) in [5, 5.41) is 1.48. The van der Waals surface area contributed by atoms with Gasteiger partial charge < -0.3 is 0 Å². The summed E-state index contributed by atoms with van der Waals surface area (Å²) in [7, 11) is -0.278. The van der Waals surface area contributed by atoms with E-state index in [1.54, 1.807) is 0 Å². The number of hydrogen-bond donors (Lipinski definition) is 0. The lowest BCUT2D eigenvalue weighted by Gasteiger charge is -2.34. The quantitative estimate of drug-likeness (QED) is 0.449. The van der Waals surface area contributed by atoms with Crippen molar-refractivity contribution in [3.8, 4) is 0 Å². The van der Waals surface area contributed by atoms with Gasteiger partial charge in [-0.05, 0) is 24.8 Å². The molecule has 3 radical (unpaired) electrons. The molecule has 1 unspecified atom stereocenters. The fourth-order valence-electron chi connectivity index (χ4n) is 2.37. The Balaban J connectivity index is 0.00000180. The highest BCUT2D eigenvalue weighted by atomic mass is 31.1. The normalized spacial score (nSPS) is 16.4. The van der Waals surface area contributed by atoms with Crippen molar-refractivity contribution in [2.24, 2.45) is 0 Å². The van der Waals surface area contributed by atoms with E-state index in [0.717, 1.165) is 19.5 Å². The number of hydrogen-bond acceptors (Lipinski definition) is 1. The van der Waals surface area contributed by atoms with Crippen molar-refractivity contribution in [3.63, 3.8) is 0 Å². The first kappa shape index (κ1) is 16.2. The van der Waals surface area contributed by atoms with E-state index < -0.39 is 0 Å². The lowest BCUT2D eigenvalue weighted by Crippen LogP contribution is -2.27. The van der Waals surface area contributed by atoms with Crippen LogP contribution in [0.25, 0.3) is 0 Å². The summed E-state index contributed by atoms with van der Waals surface area (Å²) >= 11 is 0. The second-order valence-corrected chi connectivity index (χ2v) is 6.77. The van der Waals surface area contributed by atoms with Crippen LogP contribution < -0.4 is 5.30 Å². The molecule has 19 heavy (non-hydrogen) atoms. The Morgan fingerprint density at radius 1 is 1.05 bits per heavy atom. The van der Waals surface area contributed by atoms with Crippen LogP contribution in [-0.2, 0) is 0 Å². The van der Waals surface area contributed by atoms with Crippen LogP contribution in [-0.4, -0.2) is 31.8 Å². The molecule has 0 saturated heterocycles. The Bertz CT molecular complexity index is 400. The van der Waals surface area contributed by atoms with Crippen molar-refractivity contribution in [1.29, 1.82) is 0 Å². The molecule has 0 spiro atoms. The molecule has 99 valence electrons. The fourth-order valence-corrected chi connectivity index (χ4v) is 5.08. The third kappa shape index (κ3) is 4.06. The van der Waals surface area contributed by atoms with Gasteiger partial charge in [0.2, 0.25) is 0 Å². The van der Waals surface area contributed by atoms with Crippen LogP contribution in [0.2, 0.25) is 0 Å². The number of nitrogens with zero attached hydrogens (tertiary/aromatic N) is 1. The molecule has 2 rings (SSSR count). The molecule has 0 saturated carbocycles. The van der Waals surface area contributed by atoms with Gasteiger partial charge in [-0.25, -0.2) is 0 Å². The topological polar surface area (TPSA) is 3.24 Å². The van der Waals surface area contributed by atoms with Gasteiger partial charge in [0.05, 0.1) is 0 Å². The van der Waals surface area contributed by atoms with E-state index in [-0.39, 0.29) is 16.5 Å². The van der Waals surface area contributed by atoms with Crippen molar-refractivity contribution >= 4 is 21.8 Å². The van der Waals surface area contributed by atoms with Gasteiger partial charge in [-0.2, -0.15) is 0 Å². The zero-order chi connectivity index (χ0) is 12.8. The first-order valence-electron chi connectivity index (χ1n) is 6.79. The van der Waals surface area contributed by atoms with Gasteiger partial charge >= 0.3 is 0 Å². The van der Waals surface area contributed by atoms with Crippen molar-refractivity contribution in [1.82, 2.24) is 4.67 Å². The van der Waals surface area contributed by atoms with E-state index in [1.807, 2.05) is 0 Å². The maximum absolute atomic E-state index is 2.61. The molecule has 0 bridgehead atoms. The van der Waals surface area contributed by atoms with Crippen LogP contribution in [0.3, 0.4) is 0 Å². The molecule has 1 aliphatic carbocycles. The van der Waals surface area contributed by atoms with Gasteiger partial charge in [0, 0.05) is 22.1 Å². The predicted molar refractivity (Wildman–Crippen MR) is 88.4 cm³/mol. The second-order valence-electron chi connectivity index (χ2n) is 4.40. The van der Waals surface area contributed by atoms with Crippen molar-refractivity contribution in [3.05, 3.63) is 54.6 Å². The zero-order valence-corrected chi connectivity index (χ0v) is 12.8. The van der Waals surface area contributed by atoms with Crippen molar-refractivity contribution in [2.75, 3.05) is 13.1 Å². The third-order valence-electron chi connectivity index (χ3n) is 3.28. The lowest BCUT2D eigenvalue weighted by atomic mass is 10.2. The molecule has 0 aromatic heterocycles. The molecule has 0 fully saturated rings. The highest BCUT2D eigenvalue weighted by Crippen LogP contribution is 2.46. The van der Waals surface area contributed by atoms with Crippen molar-refractivity contribution in [2.45, 2.75) is 25.9 Å². The first-order chi connectivity index (χ1) is 8.86. The standard InChI is InChI=1S/C16H22NP.B/c1-3-17(4-2)18(15-11-7-5-8-12-15)16-13-9-6-10-14-16;/h5,7-14,16H,3-4,6H2,1-2H3;. The Kier molecular flexibility index (Phi) is 7.12. The Morgan fingerprint density at radius 3 is 2.16 bits per heavy atom. The molecule has 0 N–H and O–H groups in total. The number of rotatable bonds is 5. The summed E-state index contributed by atoms with van der Waals surface area (Å²) in [4.78, 5) is 0. The minimum absolute atomic E-state index is 0. The van der Waals surface area contributed by atoms with Gasteiger partial charge in [-0.15, -0.1) is 0 Å². The summed E-state index contributed by atoms with van der Waals surface area (Å²) in [5.41, 5.74) is 0.566. The van der Waals surface area contributed by atoms with Crippen LogP contribution >= 0.6 is 8.07 Å². The van der Waals surface area contributed by atoms with E-state index in [1.165, 1.54) is 5.30 Å². The molecule has 1 nitrogen and oxygen atoms in total. The second kappa shape index (κ2) is 8.35. The molecule has 3 heteroatoms. The van der Waals surface area contributed by atoms with E-state index in [4.69, 9.17) is 0 Å². The van der Waals surface area contributed by atoms with Crippen LogP contribution in [0, 0.1) is 0 Å². The molecule has 1 aromatic rings. The molecule has 0 aliphatic heterocycles. The Hall–Kier alpha value is -0.845. The van der Waals surface area contributed by atoms with Crippen LogP contribution in [0.1, 0.15) is 20.3 Å². The smallest absolute Gasteiger partial charge is 0.0325 e. The summed E-state index contributed by atoms with van der Waals surface area (Å²) in [6, 6.07) is 11.0. The summed E-state index contributed by atoms with van der Waals surface area (Å²) < 4.78 is 2.61. The largest absolute Gasteiger partial charge is 0.278 e. The van der Waals surface area contributed by atoms with Crippen LogP contribution in [0.15, 0.2) is 54.6 Å². The highest BCUT2D eigenvalue weighted by molar-refractivity contribution is 7.64. The minimum Gasteiger partial charge on any atom is -0.278 e. The maximum Gasteiger partial charge on any atom is 0.0325 e. The molecule has 1 atom stereocenters. The average molecular weight is 270 g/mol. The Morgan fingerprint density at radius 2 is 1.63 bits per heavy atom. The Labute approximate surface area is 120 Å². The lowest BCUT2D eigenvalue weighted by molar-refractivity contribution is 0.508. The zero-order valence-electron chi connectivity index (χ0n) is 11.9. The van der Waals surface area contributed by atoms with E-state index in [9.17, 15) is 0 Å². The number of allylic oxidation sites excluding steroid dienone is 4. The summed E-state index contributed by atoms with van der Waals surface area (Å²) in [5.74, 6) is 0. The van der Waals surface area contributed by atoms with Gasteiger partial charge in [-0.3, -0.25) is 4.67 Å². The van der Waals surface area contributed by atoms with E-state index >= 15 is 0 Å². The van der Waals surface area contributed by atoms with Gasteiger partial charge in [0.15, 0.2) is 0 Å². The predicted octanol–water partition coefficient (Wildman–Crippen LogP) is 3.55. The van der Waals surface area contributed by atoms with Gasteiger partial charge in [-0.1, -0.05) is 68.5 Å². The molecule has 1 aromatic carbocycles. The molecule has 0 amide bonds. The molecular weight excluding hydrogens is 248 g/mol. The minimum atomic E-state index is -0.278. The van der Waals surface area contributed by atoms with Crippen molar-refractivity contribution < 1.29 is 0 Å². The van der Waals surface area contributed by atoms with Crippen LogP contribution in [0.5, 0.6) is 0 Å². The highest BCUT2D eigenvalue weighted by Gasteiger charge is 2.24. The molecular formula is C16H22BNP. The first-order valence-corrected chi connectivity index (χ1v) is 8.15. The SMILES string of the molecule is CCN(CC)P(c1ccccc1)C1C=CCC=C1.[B]. The van der Waals surface area contributed by atoms with Crippen LogP contribution in [0.4, 0.5) is 0 Å². The number of benzene rings is 1. The maximum atomic E-state index is 2.61. The molecule has 0 heterocycles.